The molecular formula is C12H22. The van der Waals surface area contributed by atoms with Crippen LogP contribution < -0.4 is 0 Å². The molecule has 12 heavy (non-hydrogen) atoms. The lowest BCUT2D eigenvalue weighted by molar-refractivity contribution is 0.191. The molecule has 0 aromatic heterocycles. The molecule has 1 aliphatic carbocycles. The SMILES string of the molecule is CC(C)[C@H]1CC=CC[C@@H]1C(C)C. The van der Waals surface area contributed by atoms with Crippen molar-refractivity contribution >= 4 is 0 Å². The van der Waals surface area contributed by atoms with E-state index in [4.69, 9.17) is 0 Å². The van der Waals surface area contributed by atoms with E-state index in [2.05, 4.69) is 39.8 Å². The molecular weight excluding hydrogens is 144 g/mol. The van der Waals surface area contributed by atoms with Gasteiger partial charge >= 0.3 is 0 Å². The monoisotopic (exact) mass is 166 g/mol. The predicted octanol–water partition coefficient (Wildman–Crippen LogP) is 3.88. The molecule has 0 radical (unpaired) electrons. The molecule has 0 N–H and O–H groups in total. The van der Waals surface area contributed by atoms with Crippen LogP contribution in [0.2, 0.25) is 0 Å². The first kappa shape index (κ1) is 9.83. The zero-order chi connectivity index (χ0) is 9.14. The zero-order valence-corrected chi connectivity index (χ0v) is 8.88. The normalized spacial score (nSPS) is 30.2. The maximum Gasteiger partial charge on any atom is -0.0317 e. The van der Waals surface area contributed by atoms with Gasteiger partial charge in [-0.2, -0.15) is 0 Å². The minimum atomic E-state index is 0.849. The average Bonchev–Trinajstić information content (AvgIpc) is 2.04. The van der Waals surface area contributed by atoms with Gasteiger partial charge in [0.15, 0.2) is 0 Å². The Bertz CT molecular complexity index is 135. The second-order valence-corrected chi connectivity index (χ2v) is 4.76. The first-order valence-corrected chi connectivity index (χ1v) is 5.28. The van der Waals surface area contributed by atoms with Crippen molar-refractivity contribution in [1.29, 1.82) is 0 Å². The van der Waals surface area contributed by atoms with Crippen LogP contribution in [0.4, 0.5) is 0 Å². The molecule has 0 saturated heterocycles. The van der Waals surface area contributed by atoms with E-state index in [0.29, 0.717) is 0 Å². The largest absolute Gasteiger partial charge is 0.0882 e. The summed E-state index contributed by atoms with van der Waals surface area (Å²) >= 11 is 0. The highest BCUT2D eigenvalue weighted by Gasteiger charge is 2.26. The van der Waals surface area contributed by atoms with Gasteiger partial charge < -0.3 is 0 Å². The Kier molecular flexibility index (Phi) is 3.37. The third-order valence-electron chi connectivity index (χ3n) is 3.25. The van der Waals surface area contributed by atoms with E-state index in [-0.39, 0.29) is 0 Å². The summed E-state index contributed by atoms with van der Waals surface area (Å²) in [7, 11) is 0. The Balaban J connectivity index is 2.63. The van der Waals surface area contributed by atoms with E-state index >= 15 is 0 Å². The van der Waals surface area contributed by atoms with Crippen molar-refractivity contribution in [3.05, 3.63) is 12.2 Å². The van der Waals surface area contributed by atoms with E-state index in [1.807, 2.05) is 0 Å². The van der Waals surface area contributed by atoms with Crippen LogP contribution in [0.3, 0.4) is 0 Å². The Hall–Kier alpha value is -0.260. The van der Waals surface area contributed by atoms with E-state index in [1.165, 1.54) is 12.8 Å². The molecule has 0 unspecified atom stereocenters. The smallest absolute Gasteiger partial charge is 0.0317 e. The van der Waals surface area contributed by atoms with Gasteiger partial charge in [0.05, 0.1) is 0 Å². The zero-order valence-electron chi connectivity index (χ0n) is 8.88. The lowest BCUT2D eigenvalue weighted by Crippen LogP contribution is -2.25. The summed E-state index contributed by atoms with van der Waals surface area (Å²) in [4.78, 5) is 0. The summed E-state index contributed by atoms with van der Waals surface area (Å²) in [5.74, 6) is 3.55. The molecule has 0 nitrogen and oxygen atoms in total. The molecule has 0 amide bonds. The van der Waals surface area contributed by atoms with Crippen molar-refractivity contribution in [2.75, 3.05) is 0 Å². The molecule has 0 aromatic carbocycles. The van der Waals surface area contributed by atoms with E-state index in [1.54, 1.807) is 0 Å². The molecule has 70 valence electrons. The van der Waals surface area contributed by atoms with Gasteiger partial charge in [-0.05, 0) is 36.5 Å². The van der Waals surface area contributed by atoms with Crippen LogP contribution in [0.15, 0.2) is 12.2 Å². The fraction of sp³-hybridized carbons (Fsp3) is 0.833. The van der Waals surface area contributed by atoms with Crippen LogP contribution in [0, 0.1) is 23.7 Å². The van der Waals surface area contributed by atoms with Gasteiger partial charge in [0.25, 0.3) is 0 Å². The third kappa shape index (κ3) is 2.12. The number of allylic oxidation sites excluding steroid dienone is 2. The van der Waals surface area contributed by atoms with Gasteiger partial charge in [-0.15, -0.1) is 0 Å². The van der Waals surface area contributed by atoms with Gasteiger partial charge in [0, 0.05) is 0 Å². The molecule has 2 atom stereocenters. The molecule has 0 aliphatic heterocycles. The van der Waals surface area contributed by atoms with Crippen LogP contribution in [0.5, 0.6) is 0 Å². The summed E-state index contributed by atoms with van der Waals surface area (Å²) in [5, 5.41) is 0. The van der Waals surface area contributed by atoms with Gasteiger partial charge in [-0.3, -0.25) is 0 Å². The predicted molar refractivity (Wildman–Crippen MR) is 55.0 cm³/mol. The second-order valence-electron chi connectivity index (χ2n) is 4.76. The van der Waals surface area contributed by atoms with Crippen molar-refractivity contribution in [2.45, 2.75) is 40.5 Å². The van der Waals surface area contributed by atoms with Crippen molar-refractivity contribution in [2.24, 2.45) is 23.7 Å². The second kappa shape index (κ2) is 4.11. The molecule has 0 heterocycles. The summed E-state index contributed by atoms with van der Waals surface area (Å²) in [6, 6.07) is 0. The third-order valence-corrected chi connectivity index (χ3v) is 3.25. The van der Waals surface area contributed by atoms with Gasteiger partial charge in [0.2, 0.25) is 0 Å². The van der Waals surface area contributed by atoms with Gasteiger partial charge in [-0.1, -0.05) is 39.8 Å². The molecule has 0 fully saturated rings. The summed E-state index contributed by atoms with van der Waals surface area (Å²) in [6.07, 6.45) is 7.34. The molecule has 0 aromatic rings. The van der Waals surface area contributed by atoms with E-state index < -0.39 is 0 Å². The van der Waals surface area contributed by atoms with Gasteiger partial charge in [-0.25, -0.2) is 0 Å². The Morgan fingerprint density at radius 1 is 0.833 bits per heavy atom. The van der Waals surface area contributed by atoms with Gasteiger partial charge in [0.1, 0.15) is 0 Å². The average molecular weight is 166 g/mol. The summed E-state index contributed by atoms with van der Waals surface area (Å²) in [6.45, 7) is 9.44. The van der Waals surface area contributed by atoms with Crippen molar-refractivity contribution in [3.8, 4) is 0 Å². The Morgan fingerprint density at radius 3 is 1.42 bits per heavy atom. The topological polar surface area (TPSA) is 0 Å². The number of hydrogen-bond donors (Lipinski definition) is 0. The maximum atomic E-state index is 2.36. The minimum absolute atomic E-state index is 0.849. The van der Waals surface area contributed by atoms with Crippen molar-refractivity contribution in [1.82, 2.24) is 0 Å². The van der Waals surface area contributed by atoms with Crippen LogP contribution in [-0.2, 0) is 0 Å². The summed E-state index contributed by atoms with van der Waals surface area (Å²) < 4.78 is 0. The molecule has 0 heteroatoms. The highest BCUT2D eigenvalue weighted by atomic mass is 14.3. The highest BCUT2D eigenvalue weighted by Crippen LogP contribution is 2.35. The van der Waals surface area contributed by atoms with Crippen molar-refractivity contribution < 1.29 is 0 Å². The lowest BCUT2D eigenvalue weighted by Gasteiger charge is -2.34. The molecule has 0 saturated carbocycles. The molecule has 0 spiro atoms. The first-order chi connectivity index (χ1) is 5.63. The number of hydrogen-bond acceptors (Lipinski definition) is 0. The lowest BCUT2D eigenvalue weighted by atomic mass is 9.71. The van der Waals surface area contributed by atoms with Crippen LogP contribution in [0.1, 0.15) is 40.5 Å². The standard InChI is InChI=1S/C12H22/c1-9(2)11-7-5-6-8-12(11)10(3)4/h5-6,9-12H,7-8H2,1-4H3/t11-,12-/m1/s1. The van der Waals surface area contributed by atoms with Crippen LogP contribution in [0.25, 0.3) is 0 Å². The van der Waals surface area contributed by atoms with Crippen LogP contribution in [-0.4, -0.2) is 0 Å². The quantitative estimate of drug-likeness (QED) is 0.546. The fourth-order valence-corrected chi connectivity index (χ4v) is 2.39. The fourth-order valence-electron chi connectivity index (χ4n) is 2.39. The first-order valence-electron chi connectivity index (χ1n) is 5.28. The molecule has 1 rings (SSSR count). The van der Waals surface area contributed by atoms with Crippen molar-refractivity contribution in [3.63, 3.8) is 0 Å². The minimum Gasteiger partial charge on any atom is -0.0882 e. The molecule has 1 aliphatic rings. The Morgan fingerprint density at radius 2 is 1.17 bits per heavy atom. The van der Waals surface area contributed by atoms with Crippen LogP contribution >= 0.6 is 0 Å². The number of rotatable bonds is 2. The molecule has 0 bridgehead atoms. The highest BCUT2D eigenvalue weighted by molar-refractivity contribution is 4.96. The summed E-state index contributed by atoms with van der Waals surface area (Å²) in [5.41, 5.74) is 0. The van der Waals surface area contributed by atoms with E-state index in [0.717, 1.165) is 23.7 Å². The Labute approximate surface area is 77.1 Å². The maximum absolute atomic E-state index is 2.36. The van der Waals surface area contributed by atoms with E-state index in [9.17, 15) is 0 Å².